The van der Waals surface area contributed by atoms with Crippen molar-refractivity contribution < 1.29 is 18.3 Å². The van der Waals surface area contributed by atoms with E-state index in [-0.39, 0.29) is 33.7 Å². The first-order chi connectivity index (χ1) is 16.3. The SMILES string of the molecule is O=C(CSc1nnc(CS(=O)(=O)c2ccccc2)n1-c1ccccc1)Nc1cc(Cl)ccc1O. The normalized spacial score (nSPS) is 11.3. The number of thioether (sulfide) groups is 1. The number of carbonyl (C=O) groups excluding carboxylic acids is 1. The van der Waals surface area contributed by atoms with Crippen molar-refractivity contribution in [2.45, 2.75) is 15.8 Å². The van der Waals surface area contributed by atoms with Gasteiger partial charge in [0.05, 0.1) is 16.3 Å². The van der Waals surface area contributed by atoms with Crippen LogP contribution < -0.4 is 5.32 Å². The maximum Gasteiger partial charge on any atom is 0.234 e. The lowest BCUT2D eigenvalue weighted by Crippen LogP contribution is -2.15. The van der Waals surface area contributed by atoms with Crippen molar-refractivity contribution in [1.82, 2.24) is 14.8 Å². The Hall–Kier alpha value is -3.34. The topological polar surface area (TPSA) is 114 Å². The van der Waals surface area contributed by atoms with E-state index in [0.717, 1.165) is 11.8 Å². The Bertz CT molecular complexity index is 1410. The highest BCUT2D eigenvalue weighted by atomic mass is 35.5. The molecule has 4 aromatic rings. The van der Waals surface area contributed by atoms with Gasteiger partial charge in [-0.1, -0.05) is 59.8 Å². The summed E-state index contributed by atoms with van der Waals surface area (Å²) in [5, 5.41) is 21.5. The number of halogens is 1. The molecule has 1 aromatic heterocycles. The minimum atomic E-state index is -3.66. The van der Waals surface area contributed by atoms with E-state index in [0.29, 0.717) is 15.9 Å². The third-order valence-electron chi connectivity index (χ3n) is 4.70. The predicted octanol–water partition coefficient (Wildman–Crippen LogP) is 4.33. The lowest BCUT2D eigenvalue weighted by Gasteiger charge is -2.11. The maximum absolute atomic E-state index is 12.9. The van der Waals surface area contributed by atoms with E-state index >= 15 is 0 Å². The summed E-state index contributed by atoms with van der Waals surface area (Å²) in [5.74, 6) is -0.692. The number of benzene rings is 3. The van der Waals surface area contributed by atoms with Gasteiger partial charge in [0.15, 0.2) is 20.8 Å². The maximum atomic E-state index is 12.9. The molecular formula is C23H19ClN4O4S2. The molecule has 0 spiro atoms. The molecule has 34 heavy (non-hydrogen) atoms. The molecule has 0 aliphatic rings. The molecule has 0 aliphatic heterocycles. The van der Waals surface area contributed by atoms with Crippen molar-refractivity contribution in [1.29, 1.82) is 0 Å². The van der Waals surface area contributed by atoms with Gasteiger partial charge in [0.25, 0.3) is 0 Å². The lowest BCUT2D eigenvalue weighted by molar-refractivity contribution is -0.113. The Morgan fingerprint density at radius 3 is 2.38 bits per heavy atom. The summed E-state index contributed by atoms with van der Waals surface area (Å²) >= 11 is 7.01. The summed E-state index contributed by atoms with van der Waals surface area (Å²) in [5.41, 5.74) is 0.860. The Balaban J connectivity index is 1.58. The van der Waals surface area contributed by atoms with Gasteiger partial charge in [0.2, 0.25) is 5.91 Å². The monoisotopic (exact) mass is 514 g/mol. The number of phenolic OH excluding ortho intramolecular Hbond substituents is 1. The molecule has 0 radical (unpaired) electrons. The number of aromatic nitrogens is 3. The number of phenols is 1. The highest BCUT2D eigenvalue weighted by molar-refractivity contribution is 7.99. The fourth-order valence-corrected chi connectivity index (χ4v) is 5.34. The molecule has 0 saturated carbocycles. The molecule has 0 saturated heterocycles. The van der Waals surface area contributed by atoms with Crippen molar-refractivity contribution in [2.24, 2.45) is 0 Å². The molecule has 8 nitrogen and oxygen atoms in total. The van der Waals surface area contributed by atoms with Gasteiger partial charge in [0, 0.05) is 10.7 Å². The number of carbonyl (C=O) groups is 1. The molecule has 11 heteroatoms. The van der Waals surface area contributed by atoms with E-state index in [9.17, 15) is 18.3 Å². The van der Waals surface area contributed by atoms with Crippen LogP contribution in [0.5, 0.6) is 5.75 Å². The van der Waals surface area contributed by atoms with Crippen LogP contribution in [-0.2, 0) is 20.4 Å². The van der Waals surface area contributed by atoms with Crippen LogP contribution in [0.4, 0.5) is 5.69 Å². The van der Waals surface area contributed by atoms with E-state index in [2.05, 4.69) is 15.5 Å². The van der Waals surface area contributed by atoms with E-state index < -0.39 is 15.7 Å². The van der Waals surface area contributed by atoms with Crippen LogP contribution in [0.2, 0.25) is 5.02 Å². The molecule has 3 aromatic carbocycles. The molecule has 2 N–H and O–H groups in total. The number of sulfone groups is 1. The Kier molecular flexibility index (Phi) is 7.20. The molecule has 1 amide bonds. The van der Waals surface area contributed by atoms with Gasteiger partial charge in [-0.25, -0.2) is 8.42 Å². The molecule has 0 aliphatic carbocycles. The minimum absolute atomic E-state index is 0.0532. The van der Waals surface area contributed by atoms with Crippen molar-refractivity contribution in [2.75, 3.05) is 11.1 Å². The average molecular weight is 515 g/mol. The smallest absolute Gasteiger partial charge is 0.234 e. The van der Waals surface area contributed by atoms with Gasteiger partial charge in [-0.05, 0) is 42.5 Å². The molecular weight excluding hydrogens is 496 g/mol. The minimum Gasteiger partial charge on any atom is -0.506 e. The number of nitrogens with one attached hydrogen (secondary N) is 1. The Morgan fingerprint density at radius 2 is 1.68 bits per heavy atom. The predicted molar refractivity (Wildman–Crippen MR) is 131 cm³/mol. The second-order valence-corrected chi connectivity index (χ2v) is 10.5. The second-order valence-electron chi connectivity index (χ2n) is 7.14. The summed E-state index contributed by atoms with van der Waals surface area (Å²) in [7, 11) is -3.66. The van der Waals surface area contributed by atoms with Crippen LogP contribution >= 0.6 is 23.4 Å². The number of para-hydroxylation sites is 1. The fraction of sp³-hybridized carbons (Fsp3) is 0.0870. The van der Waals surface area contributed by atoms with Gasteiger partial charge in [-0.2, -0.15) is 0 Å². The van der Waals surface area contributed by atoms with Crippen molar-refractivity contribution in [3.05, 3.63) is 89.7 Å². The van der Waals surface area contributed by atoms with Crippen LogP contribution in [-0.4, -0.2) is 39.9 Å². The van der Waals surface area contributed by atoms with Gasteiger partial charge < -0.3 is 10.4 Å². The number of anilines is 1. The third kappa shape index (κ3) is 5.58. The number of nitrogens with zero attached hydrogens (tertiary/aromatic N) is 3. The molecule has 174 valence electrons. The molecule has 0 fully saturated rings. The Morgan fingerprint density at radius 1 is 1.00 bits per heavy atom. The van der Waals surface area contributed by atoms with Crippen LogP contribution in [0.3, 0.4) is 0 Å². The first-order valence-corrected chi connectivity index (χ1v) is 13.0. The van der Waals surface area contributed by atoms with Gasteiger partial charge in [-0.15, -0.1) is 10.2 Å². The number of hydrogen-bond donors (Lipinski definition) is 2. The molecule has 4 rings (SSSR count). The molecule has 1 heterocycles. The lowest BCUT2D eigenvalue weighted by atomic mass is 10.3. The Labute approximate surface area is 205 Å². The number of rotatable bonds is 8. The first kappa shape index (κ1) is 23.8. The number of hydrogen-bond acceptors (Lipinski definition) is 7. The summed E-state index contributed by atoms with van der Waals surface area (Å²) < 4.78 is 27.5. The quantitative estimate of drug-likeness (QED) is 0.265. The van der Waals surface area contributed by atoms with E-state index in [4.69, 9.17) is 11.6 Å². The van der Waals surface area contributed by atoms with Gasteiger partial charge in [-0.3, -0.25) is 9.36 Å². The van der Waals surface area contributed by atoms with E-state index in [1.165, 1.54) is 30.3 Å². The largest absolute Gasteiger partial charge is 0.506 e. The number of aromatic hydroxyl groups is 1. The molecule has 0 atom stereocenters. The molecule has 0 bridgehead atoms. The average Bonchev–Trinajstić information content (AvgIpc) is 3.23. The van der Waals surface area contributed by atoms with Gasteiger partial charge >= 0.3 is 0 Å². The van der Waals surface area contributed by atoms with Crippen molar-refractivity contribution >= 4 is 44.8 Å². The van der Waals surface area contributed by atoms with Gasteiger partial charge in [0.1, 0.15) is 11.5 Å². The van der Waals surface area contributed by atoms with Crippen LogP contribution in [0.25, 0.3) is 5.69 Å². The fourth-order valence-electron chi connectivity index (χ4n) is 3.13. The van der Waals surface area contributed by atoms with Crippen LogP contribution in [0.15, 0.2) is 88.9 Å². The highest BCUT2D eigenvalue weighted by Crippen LogP contribution is 2.28. The summed E-state index contributed by atoms with van der Waals surface area (Å²) in [6.45, 7) is 0. The summed E-state index contributed by atoms with van der Waals surface area (Å²) in [6.07, 6.45) is 0. The van der Waals surface area contributed by atoms with Crippen molar-refractivity contribution in [3.8, 4) is 11.4 Å². The number of amides is 1. The molecule has 0 unspecified atom stereocenters. The van der Waals surface area contributed by atoms with E-state index in [1.807, 2.05) is 18.2 Å². The second kappa shape index (κ2) is 10.3. The zero-order valence-electron chi connectivity index (χ0n) is 17.6. The zero-order chi connectivity index (χ0) is 24.1. The third-order valence-corrected chi connectivity index (χ3v) is 7.49. The van der Waals surface area contributed by atoms with E-state index in [1.54, 1.807) is 34.9 Å². The van der Waals surface area contributed by atoms with Crippen LogP contribution in [0.1, 0.15) is 5.82 Å². The van der Waals surface area contributed by atoms with Crippen molar-refractivity contribution in [3.63, 3.8) is 0 Å². The zero-order valence-corrected chi connectivity index (χ0v) is 20.0. The van der Waals surface area contributed by atoms with Crippen LogP contribution in [0, 0.1) is 0 Å². The summed E-state index contributed by atoms with van der Waals surface area (Å²) in [4.78, 5) is 12.7. The summed E-state index contributed by atoms with van der Waals surface area (Å²) in [6, 6.07) is 21.5. The standard InChI is InChI=1S/C23H19ClN4O4S2/c24-16-11-12-20(29)19(13-16)25-22(30)14-33-23-27-26-21(28(23)17-7-3-1-4-8-17)15-34(31,32)18-9-5-2-6-10-18/h1-13,29H,14-15H2,(H,25,30). The highest BCUT2D eigenvalue weighted by Gasteiger charge is 2.23. The first-order valence-electron chi connectivity index (χ1n) is 10.0.